The van der Waals surface area contributed by atoms with Gasteiger partial charge in [-0.25, -0.2) is 4.39 Å². The molecule has 1 aliphatic rings. The zero-order valence-corrected chi connectivity index (χ0v) is 12.9. The summed E-state index contributed by atoms with van der Waals surface area (Å²) in [4.78, 5) is 0. The molecular formula is C19H22FNO. The van der Waals surface area contributed by atoms with Crippen LogP contribution in [0.15, 0.2) is 42.5 Å². The van der Waals surface area contributed by atoms with Crippen LogP contribution >= 0.6 is 0 Å². The maximum Gasteiger partial charge on any atom is 0.165 e. The molecule has 22 heavy (non-hydrogen) atoms. The highest BCUT2D eigenvalue weighted by molar-refractivity contribution is 5.39. The highest BCUT2D eigenvalue weighted by Gasteiger charge is 2.18. The van der Waals surface area contributed by atoms with Gasteiger partial charge in [0.2, 0.25) is 0 Å². The quantitative estimate of drug-likeness (QED) is 0.914. The number of hydrogen-bond acceptors (Lipinski definition) is 2. The number of halogens is 1. The Balaban J connectivity index is 1.74. The highest BCUT2D eigenvalue weighted by Crippen LogP contribution is 2.30. The summed E-state index contributed by atoms with van der Waals surface area (Å²) in [7, 11) is 0. The summed E-state index contributed by atoms with van der Waals surface area (Å²) in [5.74, 6) is 0.526. The van der Waals surface area contributed by atoms with E-state index in [1.165, 1.54) is 0 Å². The van der Waals surface area contributed by atoms with Gasteiger partial charge in [0, 0.05) is 6.54 Å². The lowest BCUT2D eigenvalue weighted by Gasteiger charge is -2.24. The van der Waals surface area contributed by atoms with Crippen molar-refractivity contribution in [3.8, 4) is 5.75 Å². The van der Waals surface area contributed by atoms with Gasteiger partial charge < -0.3 is 10.1 Å². The Bertz CT molecular complexity index is 598. The molecule has 3 rings (SSSR count). The maximum absolute atomic E-state index is 14.4. The molecule has 1 N–H and O–H groups in total. The fraction of sp³-hybridized carbons (Fsp3) is 0.368. The first-order valence-corrected chi connectivity index (χ1v) is 7.91. The Labute approximate surface area is 131 Å². The van der Waals surface area contributed by atoms with Crippen molar-refractivity contribution >= 4 is 0 Å². The summed E-state index contributed by atoms with van der Waals surface area (Å²) < 4.78 is 20.1. The predicted molar refractivity (Wildman–Crippen MR) is 86.8 cm³/mol. The van der Waals surface area contributed by atoms with Crippen LogP contribution in [0, 0.1) is 12.7 Å². The number of piperidine rings is 1. The monoisotopic (exact) mass is 299 g/mol. The number of hydrogen-bond donors (Lipinski definition) is 1. The zero-order chi connectivity index (χ0) is 15.4. The molecule has 0 amide bonds. The predicted octanol–water partition coefficient (Wildman–Crippen LogP) is 4.18. The van der Waals surface area contributed by atoms with Gasteiger partial charge in [0.1, 0.15) is 6.61 Å². The number of rotatable bonds is 4. The largest absolute Gasteiger partial charge is 0.486 e. The van der Waals surface area contributed by atoms with Gasteiger partial charge in [0.25, 0.3) is 0 Å². The summed E-state index contributed by atoms with van der Waals surface area (Å²) in [5, 5.41) is 3.38. The van der Waals surface area contributed by atoms with E-state index < -0.39 is 0 Å². The molecule has 1 unspecified atom stereocenters. The summed E-state index contributed by atoms with van der Waals surface area (Å²) in [6, 6.07) is 13.6. The van der Waals surface area contributed by atoms with E-state index in [1.54, 1.807) is 6.07 Å². The SMILES string of the molecule is Cc1cc(C2CCCNC2)cc(F)c1OCc1ccccc1. The smallest absolute Gasteiger partial charge is 0.165 e. The molecule has 1 saturated heterocycles. The van der Waals surface area contributed by atoms with E-state index in [0.717, 1.165) is 42.6 Å². The average molecular weight is 299 g/mol. The molecule has 0 radical (unpaired) electrons. The van der Waals surface area contributed by atoms with Crippen LogP contribution in [-0.2, 0) is 6.61 Å². The van der Waals surface area contributed by atoms with Crippen molar-refractivity contribution in [2.75, 3.05) is 13.1 Å². The first-order valence-electron chi connectivity index (χ1n) is 7.91. The number of aryl methyl sites for hydroxylation is 1. The van der Waals surface area contributed by atoms with Crippen molar-refractivity contribution in [3.05, 3.63) is 65.0 Å². The van der Waals surface area contributed by atoms with Crippen molar-refractivity contribution in [2.24, 2.45) is 0 Å². The first-order chi connectivity index (χ1) is 10.7. The van der Waals surface area contributed by atoms with Crippen molar-refractivity contribution in [2.45, 2.75) is 32.3 Å². The number of benzene rings is 2. The van der Waals surface area contributed by atoms with Crippen LogP contribution in [0.1, 0.15) is 35.4 Å². The van der Waals surface area contributed by atoms with Gasteiger partial charge >= 0.3 is 0 Å². The molecule has 1 fully saturated rings. The van der Waals surface area contributed by atoms with E-state index in [9.17, 15) is 4.39 Å². The van der Waals surface area contributed by atoms with Gasteiger partial charge in [-0.15, -0.1) is 0 Å². The van der Waals surface area contributed by atoms with Gasteiger partial charge in [-0.3, -0.25) is 0 Å². The molecule has 1 heterocycles. The Morgan fingerprint density at radius 2 is 2.05 bits per heavy atom. The van der Waals surface area contributed by atoms with Crippen LogP contribution in [0.2, 0.25) is 0 Å². The average Bonchev–Trinajstić information content (AvgIpc) is 2.56. The fourth-order valence-corrected chi connectivity index (χ4v) is 3.04. The standard InChI is InChI=1S/C19H22FNO/c1-14-10-17(16-8-5-9-21-12-16)11-18(20)19(14)22-13-15-6-3-2-4-7-15/h2-4,6-7,10-11,16,21H,5,8-9,12-13H2,1H3. The Morgan fingerprint density at radius 3 is 2.73 bits per heavy atom. The molecule has 0 aliphatic carbocycles. The van der Waals surface area contributed by atoms with Crippen LogP contribution in [0.25, 0.3) is 0 Å². The lowest BCUT2D eigenvalue weighted by Crippen LogP contribution is -2.28. The van der Waals surface area contributed by atoms with Gasteiger partial charge in [0.15, 0.2) is 11.6 Å². The second kappa shape index (κ2) is 6.93. The van der Waals surface area contributed by atoms with Gasteiger partial charge in [-0.1, -0.05) is 36.4 Å². The zero-order valence-electron chi connectivity index (χ0n) is 12.9. The lowest BCUT2D eigenvalue weighted by molar-refractivity contribution is 0.287. The molecule has 1 aliphatic heterocycles. The third-order valence-corrected chi connectivity index (χ3v) is 4.25. The minimum absolute atomic E-state index is 0.253. The van der Waals surface area contributed by atoms with Crippen molar-refractivity contribution in [1.29, 1.82) is 0 Å². The van der Waals surface area contributed by atoms with Crippen molar-refractivity contribution in [1.82, 2.24) is 5.32 Å². The third kappa shape index (κ3) is 3.47. The molecule has 0 aromatic heterocycles. The lowest BCUT2D eigenvalue weighted by atomic mass is 9.90. The molecular weight excluding hydrogens is 277 g/mol. The molecule has 0 saturated carbocycles. The van der Waals surface area contributed by atoms with Gasteiger partial charge in [-0.2, -0.15) is 0 Å². The molecule has 0 bridgehead atoms. The van der Waals surface area contributed by atoms with Crippen LogP contribution in [-0.4, -0.2) is 13.1 Å². The normalized spacial score (nSPS) is 18.2. The minimum atomic E-state index is -0.253. The molecule has 2 nitrogen and oxygen atoms in total. The van der Waals surface area contributed by atoms with Crippen LogP contribution < -0.4 is 10.1 Å². The number of ether oxygens (including phenoxy) is 1. The van der Waals surface area contributed by atoms with Crippen molar-refractivity contribution in [3.63, 3.8) is 0 Å². The molecule has 2 aromatic carbocycles. The Hall–Kier alpha value is -1.87. The Kier molecular flexibility index (Phi) is 4.74. The van der Waals surface area contributed by atoms with E-state index in [2.05, 4.69) is 11.4 Å². The maximum atomic E-state index is 14.4. The second-order valence-electron chi connectivity index (χ2n) is 5.97. The van der Waals surface area contributed by atoms with E-state index in [1.807, 2.05) is 37.3 Å². The number of nitrogens with one attached hydrogen (secondary N) is 1. The molecule has 1 atom stereocenters. The minimum Gasteiger partial charge on any atom is -0.486 e. The van der Waals surface area contributed by atoms with E-state index >= 15 is 0 Å². The molecule has 2 aromatic rings. The second-order valence-corrected chi connectivity index (χ2v) is 5.97. The van der Waals surface area contributed by atoms with Crippen LogP contribution in [0.3, 0.4) is 0 Å². The highest BCUT2D eigenvalue weighted by atomic mass is 19.1. The first kappa shape index (κ1) is 15.0. The summed E-state index contributed by atoms with van der Waals surface area (Å²) in [6.07, 6.45) is 2.27. The van der Waals surface area contributed by atoms with E-state index in [4.69, 9.17) is 4.74 Å². The van der Waals surface area contributed by atoms with Crippen molar-refractivity contribution < 1.29 is 9.13 Å². The van der Waals surface area contributed by atoms with E-state index in [0.29, 0.717) is 18.3 Å². The van der Waals surface area contributed by atoms with Gasteiger partial charge in [-0.05, 0) is 55.0 Å². The van der Waals surface area contributed by atoms with Gasteiger partial charge in [0.05, 0.1) is 0 Å². The third-order valence-electron chi connectivity index (χ3n) is 4.25. The van der Waals surface area contributed by atoms with Crippen LogP contribution in [0.4, 0.5) is 4.39 Å². The molecule has 3 heteroatoms. The molecule has 0 spiro atoms. The summed E-state index contributed by atoms with van der Waals surface area (Å²) in [6.45, 7) is 4.31. The summed E-state index contributed by atoms with van der Waals surface area (Å²) >= 11 is 0. The van der Waals surface area contributed by atoms with Crippen LogP contribution in [0.5, 0.6) is 5.75 Å². The summed E-state index contributed by atoms with van der Waals surface area (Å²) in [5.41, 5.74) is 2.99. The fourth-order valence-electron chi connectivity index (χ4n) is 3.04. The molecule has 116 valence electrons. The Morgan fingerprint density at radius 1 is 1.23 bits per heavy atom. The topological polar surface area (TPSA) is 21.3 Å². The van der Waals surface area contributed by atoms with E-state index in [-0.39, 0.29) is 5.82 Å².